The van der Waals surface area contributed by atoms with E-state index in [1.165, 1.54) is 6.08 Å². The van der Waals surface area contributed by atoms with Gasteiger partial charge in [0.2, 0.25) is 5.91 Å². The summed E-state index contributed by atoms with van der Waals surface area (Å²) < 4.78 is 27.6. The Labute approximate surface area is 153 Å². The molecule has 1 amide bonds. The lowest BCUT2D eigenvalue weighted by Gasteiger charge is -2.32. The van der Waals surface area contributed by atoms with Crippen molar-refractivity contribution in [2.45, 2.75) is 71.2 Å². The molecule has 0 bridgehead atoms. The van der Waals surface area contributed by atoms with Gasteiger partial charge in [-0.2, -0.15) is 0 Å². The lowest BCUT2D eigenvalue weighted by atomic mass is 9.87. The third kappa shape index (κ3) is 3.69. The second kappa shape index (κ2) is 6.77. The number of hydrogen-bond donors (Lipinski definition) is 0. The highest BCUT2D eigenvalue weighted by molar-refractivity contribution is 6.54. The smallest absolute Gasteiger partial charge is 0.398 e. The molecule has 2 saturated heterocycles. The first-order valence-corrected chi connectivity index (χ1v) is 8.99. The van der Waals surface area contributed by atoms with E-state index in [0.717, 1.165) is 19.4 Å². The maximum absolute atomic E-state index is 14.5. The SMILES string of the molecule is CC(=O)N1CCCC1Cn1cc(C=C(F)B2OC(C)(C)C(C)(C)O2)nn1. The first kappa shape index (κ1) is 19.0. The molecule has 1 unspecified atom stereocenters. The van der Waals surface area contributed by atoms with Crippen LogP contribution in [0.3, 0.4) is 0 Å². The summed E-state index contributed by atoms with van der Waals surface area (Å²) in [7, 11) is -1.05. The zero-order valence-corrected chi connectivity index (χ0v) is 16.0. The Morgan fingerprint density at radius 2 is 2.04 bits per heavy atom. The third-order valence-corrected chi connectivity index (χ3v) is 5.50. The van der Waals surface area contributed by atoms with E-state index in [9.17, 15) is 9.18 Å². The number of hydrogen-bond acceptors (Lipinski definition) is 5. The van der Waals surface area contributed by atoms with E-state index >= 15 is 0 Å². The number of likely N-dealkylation sites (tertiary alicyclic amines) is 1. The molecule has 0 aliphatic carbocycles. The summed E-state index contributed by atoms with van der Waals surface area (Å²) in [5, 5.41) is 8.04. The van der Waals surface area contributed by atoms with Crippen molar-refractivity contribution in [3.05, 3.63) is 17.6 Å². The molecule has 0 N–H and O–H groups in total. The minimum atomic E-state index is -1.05. The van der Waals surface area contributed by atoms with E-state index in [4.69, 9.17) is 9.31 Å². The van der Waals surface area contributed by atoms with Gasteiger partial charge >= 0.3 is 7.12 Å². The number of carbonyl (C=O) groups is 1. The zero-order valence-electron chi connectivity index (χ0n) is 16.0. The number of amides is 1. The summed E-state index contributed by atoms with van der Waals surface area (Å²) in [5.41, 5.74) is -1.34. The van der Waals surface area contributed by atoms with Gasteiger partial charge in [0.15, 0.2) is 0 Å². The van der Waals surface area contributed by atoms with Crippen molar-refractivity contribution in [3.63, 3.8) is 0 Å². The number of aromatic nitrogens is 3. The molecular formula is C17H26BFN4O3. The predicted octanol–water partition coefficient (Wildman–Crippen LogP) is 2.23. The zero-order chi connectivity index (χ0) is 19.1. The second-order valence-electron chi connectivity index (χ2n) is 7.99. The highest BCUT2D eigenvalue weighted by Crippen LogP contribution is 2.38. The molecule has 2 fully saturated rings. The normalized spacial score (nSPS) is 25.2. The van der Waals surface area contributed by atoms with Crippen molar-refractivity contribution in [1.82, 2.24) is 19.9 Å². The van der Waals surface area contributed by atoms with E-state index in [1.54, 1.807) is 17.8 Å². The van der Waals surface area contributed by atoms with Crippen LogP contribution in [0.1, 0.15) is 53.2 Å². The van der Waals surface area contributed by atoms with E-state index in [-0.39, 0.29) is 11.9 Å². The van der Waals surface area contributed by atoms with E-state index < -0.39 is 24.0 Å². The molecule has 26 heavy (non-hydrogen) atoms. The summed E-state index contributed by atoms with van der Waals surface area (Å²) in [6.07, 6.45) is 4.87. The first-order chi connectivity index (χ1) is 12.1. The Morgan fingerprint density at radius 3 is 2.65 bits per heavy atom. The number of rotatable bonds is 4. The molecule has 1 atom stereocenters. The van der Waals surface area contributed by atoms with E-state index in [0.29, 0.717) is 12.2 Å². The molecule has 0 aromatic carbocycles. The second-order valence-corrected chi connectivity index (χ2v) is 7.99. The fourth-order valence-electron chi connectivity index (χ4n) is 3.29. The van der Waals surface area contributed by atoms with Crippen molar-refractivity contribution in [3.8, 4) is 0 Å². The summed E-state index contributed by atoms with van der Waals surface area (Å²) in [5.74, 6) is 0.0690. The van der Waals surface area contributed by atoms with Crippen LogP contribution in [-0.2, 0) is 20.6 Å². The largest absolute Gasteiger partial charge is 0.525 e. The predicted molar refractivity (Wildman–Crippen MR) is 95.6 cm³/mol. The minimum Gasteiger partial charge on any atom is -0.398 e. The maximum Gasteiger partial charge on any atom is 0.525 e. The van der Waals surface area contributed by atoms with Crippen molar-refractivity contribution in [2.75, 3.05) is 6.54 Å². The van der Waals surface area contributed by atoms with E-state index in [2.05, 4.69) is 10.3 Å². The molecular weight excluding hydrogens is 338 g/mol. The van der Waals surface area contributed by atoms with Crippen molar-refractivity contribution in [2.24, 2.45) is 0 Å². The summed E-state index contributed by atoms with van der Waals surface area (Å²) in [6, 6.07) is 0.110. The van der Waals surface area contributed by atoms with Crippen LogP contribution in [0.25, 0.3) is 6.08 Å². The molecule has 1 aromatic heterocycles. The van der Waals surface area contributed by atoms with E-state index in [1.807, 2.05) is 32.6 Å². The summed E-state index contributed by atoms with van der Waals surface area (Å²) in [4.78, 5) is 13.5. The maximum atomic E-state index is 14.5. The number of carbonyl (C=O) groups excluding carboxylic acids is 1. The molecule has 142 valence electrons. The molecule has 9 heteroatoms. The van der Waals surface area contributed by atoms with Crippen LogP contribution in [0, 0.1) is 0 Å². The Bertz CT molecular complexity index is 703. The van der Waals surface area contributed by atoms with Gasteiger partial charge in [0.1, 0.15) is 11.4 Å². The summed E-state index contributed by atoms with van der Waals surface area (Å²) in [6.45, 7) is 10.4. The van der Waals surface area contributed by atoms with Gasteiger partial charge < -0.3 is 14.2 Å². The minimum absolute atomic E-state index is 0.0690. The molecule has 0 spiro atoms. The van der Waals surface area contributed by atoms with Gasteiger partial charge in [-0.3, -0.25) is 4.79 Å². The molecule has 1 aromatic rings. The fraction of sp³-hybridized carbons (Fsp3) is 0.706. The highest BCUT2D eigenvalue weighted by atomic mass is 19.1. The molecule has 0 saturated carbocycles. The first-order valence-electron chi connectivity index (χ1n) is 8.99. The van der Waals surface area contributed by atoms with Crippen LogP contribution in [0.5, 0.6) is 0 Å². The Kier molecular flexibility index (Phi) is 4.96. The van der Waals surface area contributed by atoms with Crippen LogP contribution in [-0.4, -0.2) is 56.7 Å². The van der Waals surface area contributed by atoms with Gasteiger partial charge in [0.25, 0.3) is 0 Å². The number of halogens is 1. The van der Waals surface area contributed by atoms with Crippen molar-refractivity contribution >= 4 is 19.1 Å². The van der Waals surface area contributed by atoms with Gasteiger partial charge in [0, 0.05) is 13.5 Å². The average molecular weight is 364 g/mol. The molecule has 0 radical (unpaired) electrons. The molecule has 2 aliphatic heterocycles. The highest BCUT2D eigenvalue weighted by Gasteiger charge is 2.53. The monoisotopic (exact) mass is 364 g/mol. The van der Waals surface area contributed by atoms with Gasteiger partial charge in [-0.1, -0.05) is 5.21 Å². The van der Waals surface area contributed by atoms with Gasteiger partial charge in [-0.05, 0) is 46.6 Å². The Balaban J connectivity index is 1.66. The van der Waals surface area contributed by atoms with Gasteiger partial charge in [-0.25, -0.2) is 9.07 Å². The lowest BCUT2D eigenvalue weighted by Crippen LogP contribution is -2.41. The van der Waals surface area contributed by atoms with Crippen molar-refractivity contribution < 1.29 is 18.5 Å². The van der Waals surface area contributed by atoms with Crippen molar-refractivity contribution in [1.29, 1.82) is 0 Å². The topological polar surface area (TPSA) is 69.5 Å². The van der Waals surface area contributed by atoms with Gasteiger partial charge in [-0.15, -0.1) is 5.10 Å². The number of nitrogens with zero attached hydrogens (tertiary/aromatic N) is 4. The summed E-state index contributed by atoms with van der Waals surface area (Å²) >= 11 is 0. The molecule has 3 rings (SSSR count). The molecule has 3 heterocycles. The molecule has 7 nitrogen and oxygen atoms in total. The fourth-order valence-corrected chi connectivity index (χ4v) is 3.29. The third-order valence-electron chi connectivity index (χ3n) is 5.50. The average Bonchev–Trinajstić information content (AvgIpc) is 3.20. The Hall–Kier alpha value is -1.74. The van der Waals surface area contributed by atoms with Crippen LogP contribution in [0.2, 0.25) is 0 Å². The van der Waals surface area contributed by atoms with Crippen LogP contribution < -0.4 is 0 Å². The standard InChI is InChI=1S/C17H26BFN4O3/c1-12(24)23-8-6-7-14(23)11-22-10-13(20-21-22)9-15(19)18-25-16(2,3)17(4,5)26-18/h9-10,14H,6-8,11H2,1-5H3. The Morgan fingerprint density at radius 1 is 1.38 bits per heavy atom. The van der Waals surface area contributed by atoms with Crippen LogP contribution >= 0.6 is 0 Å². The van der Waals surface area contributed by atoms with Gasteiger partial charge in [0.05, 0.1) is 30.0 Å². The lowest BCUT2D eigenvalue weighted by molar-refractivity contribution is -0.129. The quantitative estimate of drug-likeness (QED) is 0.767. The molecule has 2 aliphatic rings. The van der Waals surface area contributed by atoms with Crippen LogP contribution in [0.15, 0.2) is 11.9 Å². The van der Waals surface area contributed by atoms with Crippen LogP contribution in [0.4, 0.5) is 4.39 Å².